The van der Waals surface area contributed by atoms with E-state index in [9.17, 15) is 13.5 Å². The summed E-state index contributed by atoms with van der Waals surface area (Å²) < 4.78 is 35.7. The molecule has 0 bridgehead atoms. The Morgan fingerprint density at radius 3 is 2.44 bits per heavy atom. The lowest BCUT2D eigenvalue weighted by molar-refractivity contribution is 0.132. The Kier molecular flexibility index (Phi) is 3.57. The minimum absolute atomic E-state index is 0.240. The van der Waals surface area contributed by atoms with Gasteiger partial charge in [0.15, 0.2) is 4.93 Å². The fourth-order valence-electron chi connectivity index (χ4n) is 1.29. The van der Waals surface area contributed by atoms with E-state index in [0.29, 0.717) is 11.3 Å². The highest BCUT2D eigenvalue weighted by Gasteiger charge is 2.36. The van der Waals surface area contributed by atoms with E-state index in [1.165, 1.54) is 7.11 Å². The Hall–Kier alpha value is -1.11. The average Bonchev–Trinajstić information content (AvgIpc) is 2.16. The number of hydrogen-bond donors (Lipinski definition) is 2. The maximum Gasteiger partial charge on any atom is 0.295 e. The molecule has 0 saturated carbocycles. The Bertz CT molecular complexity index is 464. The van der Waals surface area contributed by atoms with Crippen molar-refractivity contribution in [2.75, 3.05) is 7.11 Å². The smallest absolute Gasteiger partial charge is 0.295 e. The first-order chi connectivity index (χ1) is 7.28. The summed E-state index contributed by atoms with van der Waals surface area (Å²) in [6.45, 7) is 1.04. The van der Waals surface area contributed by atoms with Crippen LogP contribution in [0.3, 0.4) is 0 Å². The Balaban J connectivity index is 3.06. The molecule has 0 amide bonds. The SMILES string of the molecule is COc1ccccc1CC(C)(O)S(=O)(=O)O. The summed E-state index contributed by atoms with van der Waals surface area (Å²) in [6, 6.07) is 6.69. The molecule has 1 unspecified atom stereocenters. The summed E-state index contributed by atoms with van der Waals surface area (Å²) >= 11 is 0. The number of ether oxygens (including phenoxy) is 1. The van der Waals surface area contributed by atoms with Gasteiger partial charge in [0, 0.05) is 6.42 Å². The third kappa shape index (κ3) is 2.72. The molecule has 2 N–H and O–H groups in total. The molecule has 0 aromatic heterocycles. The van der Waals surface area contributed by atoms with Crippen LogP contribution >= 0.6 is 0 Å². The minimum atomic E-state index is -4.53. The molecule has 1 aromatic carbocycles. The van der Waals surface area contributed by atoms with Gasteiger partial charge in [0.25, 0.3) is 10.1 Å². The van der Waals surface area contributed by atoms with Gasteiger partial charge in [-0.3, -0.25) is 4.55 Å². The van der Waals surface area contributed by atoms with Crippen LogP contribution in [0.2, 0.25) is 0 Å². The Morgan fingerprint density at radius 2 is 1.94 bits per heavy atom. The molecular weight excluding hydrogens is 232 g/mol. The molecule has 0 saturated heterocycles. The molecule has 0 fully saturated rings. The van der Waals surface area contributed by atoms with Gasteiger partial charge < -0.3 is 9.84 Å². The molecule has 1 aromatic rings. The van der Waals surface area contributed by atoms with Crippen molar-refractivity contribution in [3.63, 3.8) is 0 Å². The molecular formula is C10H14O5S. The highest BCUT2D eigenvalue weighted by molar-refractivity contribution is 7.87. The number of methoxy groups -OCH3 is 1. The van der Waals surface area contributed by atoms with Crippen LogP contribution in [-0.4, -0.2) is 30.1 Å². The fourth-order valence-corrected chi connectivity index (χ4v) is 1.63. The van der Waals surface area contributed by atoms with Crippen molar-refractivity contribution >= 4 is 10.1 Å². The largest absolute Gasteiger partial charge is 0.496 e. The van der Waals surface area contributed by atoms with Crippen LogP contribution in [0.1, 0.15) is 12.5 Å². The van der Waals surface area contributed by atoms with Crippen LogP contribution < -0.4 is 4.74 Å². The lowest BCUT2D eigenvalue weighted by Gasteiger charge is -2.20. The van der Waals surface area contributed by atoms with E-state index < -0.39 is 15.1 Å². The van der Waals surface area contributed by atoms with Crippen molar-refractivity contribution in [1.29, 1.82) is 0 Å². The van der Waals surface area contributed by atoms with E-state index in [4.69, 9.17) is 9.29 Å². The second-order valence-corrected chi connectivity index (χ2v) is 5.47. The molecule has 0 spiro atoms. The number of aliphatic hydroxyl groups is 1. The highest BCUT2D eigenvalue weighted by atomic mass is 32.2. The predicted octanol–water partition coefficient (Wildman–Crippen LogP) is 0.834. The third-order valence-corrected chi connectivity index (χ3v) is 3.52. The molecule has 0 radical (unpaired) electrons. The van der Waals surface area contributed by atoms with E-state index in [-0.39, 0.29) is 6.42 Å². The summed E-state index contributed by atoms with van der Waals surface area (Å²) in [5.74, 6) is 0.464. The van der Waals surface area contributed by atoms with Gasteiger partial charge in [-0.05, 0) is 18.6 Å². The second kappa shape index (κ2) is 4.40. The fraction of sp³-hybridized carbons (Fsp3) is 0.400. The Labute approximate surface area is 94.4 Å². The average molecular weight is 246 g/mol. The molecule has 5 nitrogen and oxygen atoms in total. The van der Waals surface area contributed by atoms with Crippen LogP contribution in [0, 0.1) is 0 Å². The predicted molar refractivity (Wildman–Crippen MR) is 58.9 cm³/mol. The van der Waals surface area contributed by atoms with Crippen molar-refractivity contribution in [2.24, 2.45) is 0 Å². The van der Waals surface area contributed by atoms with Gasteiger partial charge in [-0.25, -0.2) is 0 Å². The van der Waals surface area contributed by atoms with Crippen molar-refractivity contribution < 1.29 is 22.8 Å². The van der Waals surface area contributed by atoms with Crippen LogP contribution in [-0.2, 0) is 16.5 Å². The van der Waals surface area contributed by atoms with Gasteiger partial charge in [-0.15, -0.1) is 0 Å². The molecule has 0 aliphatic heterocycles. The number of benzene rings is 1. The first-order valence-corrected chi connectivity index (χ1v) is 6.03. The van der Waals surface area contributed by atoms with E-state index >= 15 is 0 Å². The van der Waals surface area contributed by atoms with Crippen molar-refractivity contribution in [2.45, 2.75) is 18.3 Å². The maximum atomic E-state index is 10.9. The second-order valence-electron chi connectivity index (χ2n) is 3.64. The van der Waals surface area contributed by atoms with E-state index in [1.54, 1.807) is 24.3 Å². The lowest BCUT2D eigenvalue weighted by atomic mass is 10.1. The van der Waals surface area contributed by atoms with Gasteiger partial charge in [0.05, 0.1) is 7.11 Å². The first kappa shape index (κ1) is 13.0. The van der Waals surface area contributed by atoms with Gasteiger partial charge in [0.1, 0.15) is 5.75 Å². The lowest BCUT2D eigenvalue weighted by Crippen LogP contribution is -2.37. The van der Waals surface area contributed by atoms with Gasteiger partial charge >= 0.3 is 0 Å². The zero-order chi connectivity index (χ0) is 12.4. The third-order valence-electron chi connectivity index (χ3n) is 2.27. The number of rotatable bonds is 4. The quantitative estimate of drug-likeness (QED) is 0.769. The highest BCUT2D eigenvalue weighted by Crippen LogP contribution is 2.25. The van der Waals surface area contributed by atoms with Crippen molar-refractivity contribution in [3.05, 3.63) is 29.8 Å². The number of para-hydroxylation sites is 1. The molecule has 0 heterocycles. The van der Waals surface area contributed by atoms with Crippen molar-refractivity contribution in [1.82, 2.24) is 0 Å². The zero-order valence-electron chi connectivity index (χ0n) is 9.04. The molecule has 1 rings (SSSR count). The number of hydrogen-bond acceptors (Lipinski definition) is 4. The molecule has 1 atom stereocenters. The molecule has 6 heteroatoms. The van der Waals surface area contributed by atoms with Crippen molar-refractivity contribution in [3.8, 4) is 5.75 Å². The molecule has 0 aliphatic carbocycles. The normalized spacial score (nSPS) is 15.5. The van der Waals surface area contributed by atoms with Gasteiger partial charge in [-0.2, -0.15) is 8.42 Å². The van der Waals surface area contributed by atoms with E-state index in [0.717, 1.165) is 6.92 Å². The molecule has 90 valence electrons. The molecule has 0 aliphatic rings. The van der Waals surface area contributed by atoms with E-state index in [1.807, 2.05) is 0 Å². The standard InChI is InChI=1S/C10H14O5S/c1-10(11,16(12,13)14)7-8-5-3-4-6-9(8)15-2/h3-6,11H,7H2,1-2H3,(H,12,13,14). The molecule has 16 heavy (non-hydrogen) atoms. The van der Waals surface area contributed by atoms with Crippen LogP contribution in [0.25, 0.3) is 0 Å². The van der Waals surface area contributed by atoms with Gasteiger partial charge in [-0.1, -0.05) is 18.2 Å². The van der Waals surface area contributed by atoms with Crippen LogP contribution in [0.5, 0.6) is 5.75 Å². The summed E-state index contributed by atoms with van der Waals surface area (Å²) in [6.07, 6.45) is -0.240. The summed E-state index contributed by atoms with van der Waals surface area (Å²) in [7, 11) is -3.08. The minimum Gasteiger partial charge on any atom is -0.496 e. The van der Waals surface area contributed by atoms with Gasteiger partial charge in [0.2, 0.25) is 0 Å². The van der Waals surface area contributed by atoms with E-state index in [2.05, 4.69) is 0 Å². The topological polar surface area (TPSA) is 83.8 Å². The monoisotopic (exact) mass is 246 g/mol. The van der Waals surface area contributed by atoms with Crippen LogP contribution in [0.4, 0.5) is 0 Å². The summed E-state index contributed by atoms with van der Waals surface area (Å²) in [4.78, 5) is -2.22. The summed E-state index contributed by atoms with van der Waals surface area (Å²) in [5, 5.41) is 9.63. The zero-order valence-corrected chi connectivity index (χ0v) is 9.86. The first-order valence-electron chi connectivity index (χ1n) is 4.59. The van der Waals surface area contributed by atoms with Crippen LogP contribution in [0.15, 0.2) is 24.3 Å². The maximum absolute atomic E-state index is 10.9. The Morgan fingerprint density at radius 1 is 1.38 bits per heavy atom. The summed E-state index contributed by atoms with van der Waals surface area (Å²) in [5.41, 5.74) is 0.507.